The summed E-state index contributed by atoms with van der Waals surface area (Å²) < 4.78 is 23.3. The minimum atomic E-state index is -1.33. The Balaban J connectivity index is 0.000000390. The fourth-order valence-electron chi connectivity index (χ4n) is 2.82. The van der Waals surface area contributed by atoms with Gasteiger partial charge in [0.25, 0.3) is 0 Å². The summed E-state index contributed by atoms with van der Waals surface area (Å²) in [5, 5.41) is 16.2. The molecule has 1 atom stereocenters. The molecule has 3 N–H and O–H groups in total. The van der Waals surface area contributed by atoms with Crippen LogP contribution in [0.1, 0.15) is 29.7 Å². The Morgan fingerprint density at radius 1 is 1.09 bits per heavy atom. The third-order valence-corrected chi connectivity index (χ3v) is 5.61. The minimum Gasteiger partial charge on any atom is -0.497 e. The molecule has 10 nitrogen and oxygen atoms in total. The molecule has 0 amide bonds. The lowest BCUT2D eigenvalue weighted by atomic mass is 10.1. The molecule has 172 valence electrons. The third-order valence-electron chi connectivity index (χ3n) is 4.45. The first-order valence-electron chi connectivity index (χ1n) is 9.51. The van der Waals surface area contributed by atoms with Gasteiger partial charge in [0.05, 0.1) is 60.3 Å². The van der Waals surface area contributed by atoms with Crippen molar-refractivity contribution in [3.05, 3.63) is 41.2 Å². The second kappa shape index (κ2) is 11.2. The number of rotatable bonds is 8. The molecule has 2 aromatic heterocycles. The Labute approximate surface area is 187 Å². The van der Waals surface area contributed by atoms with Crippen LogP contribution >= 0.6 is 0 Å². The van der Waals surface area contributed by atoms with Gasteiger partial charge in [-0.05, 0) is 26.0 Å². The van der Waals surface area contributed by atoms with Crippen LogP contribution in [0.2, 0.25) is 0 Å². The highest BCUT2D eigenvalue weighted by Crippen LogP contribution is 2.26. The average molecular weight is 464 g/mol. The Bertz CT molecular complexity index is 1130. The van der Waals surface area contributed by atoms with Gasteiger partial charge < -0.3 is 24.7 Å². The average Bonchev–Trinajstić information content (AvgIpc) is 3.18. The van der Waals surface area contributed by atoms with Gasteiger partial charge >= 0.3 is 11.9 Å². The number of ether oxygens (including phenoxy) is 2. The number of nitrogens with one attached hydrogen (secondary N) is 1. The smallest absolute Gasteiger partial charge is 0.303 e. The van der Waals surface area contributed by atoms with Gasteiger partial charge in [0.1, 0.15) is 11.5 Å². The number of aliphatic carboxylic acids is 2. The molecule has 0 saturated carbocycles. The van der Waals surface area contributed by atoms with Crippen molar-refractivity contribution in [2.24, 2.45) is 0 Å². The van der Waals surface area contributed by atoms with Gasteiger partial charge in [0, 0.05) is 23.4 Å². The lowest BCUT2D eigenvalue weighted by molar-refractivity contribution is -0.143. The van der Waals surface area contributed by atoms with Gasteiger partial charge in [0.2, 0.25) is 0 Å². The Morgan fingerprint density at radius 3 is 2.31 bits per heavy atom. The van der Waals surface area contributed by atoms with E-state index in [-0.39, 0.29) is 18.6 Å². The number of aromatic nitrogens is 3. The third kappa shape index (κ3) is 6.51. The SMILES string of the molecule is COc1ccc2nc([S@@](=O)Cc3ncc(C)c(OC)c3C)[nH]c2c1.O=C(O)CCC(=O)O. The molecule has 2 heterocycles. The highest BCUT2D eigenvalue weighted by atomic mass is 32.2. The molecule has 0 saturated heterocycles. The summed E-state index contributed by atoms with van der Waals surface area (Å²) >= 11 is 0. The molecule has 0 spiro atoms. The maximum Gasteiger partial charge on any atom is 0.303 e. The Morgan fingerprint density at radius 2 is 1.75 bits per heavy atom. The van der Waals surface area contributed by atoms with E-state index in [0.717, 1.165) is 39.4 Å². The molecule has 0 aliphatic rings. The number of benzene rings is 1. The molecule has 0 unspecified atom stereocenters. The highest BCUT2D eigenvalue weighted by molar-refractivity contribution is 7.84. The van der Waals surface area contributed by atoms with E-state index in [4.69, 9.17) is 19.7 Å². The molecule has 0 bridgehead atoms. The van der Waals surface area contributed by atoms with Crippen LogP contribution in [-0.4, -0.2) is 55.5 Å². The summed E-state index contributed by atoms with van der Waals surface area (Å²) in [6.07, 6.45) is 1.15. The van der Waals surface area contributed by atoms with E-state index in [9.17, 15) is 13.8 Å². The number of nitrogens with zero attached hydrogens (tertiary/aromatic N) is 2. The van der Waals surface area contributed by atoms with Gasteiger partial charge in [-0.3, -0.25) is 18.8 Å². The van der Waals surface area contributed by atoms with Gasteiger partial charge in [-0.25, -0.2) is 4.98 Å². The predicted molar refractivity (Wildman–Crippen MR) is 118 cm³/mol. The second-order valence-electron chi connectivity index (χ2n) is 6.75. The molecular weight excluding hydrogens is 438 g/mol. The van der Waals surface area contributed by atoms with Crippen molar-refractivity contribution in [2.45, 2.75) is 37.6 Å². The van der Waals surface area contributed by atoms with Crippen molar-refractivity contribution in [1.82, 2.24) is 15.0 Å². The minimum absolute atomic E-state index is 0.277. The zero-order valence-electron chi connectivity index (χ0n) is 18.2. The maximum atomic E-state index is 12.7. The molecular formula is C21H25N3O7S. The van der Waals surface area contributed by atoms with Crippen LogP contribution in [0.25, 0.3) is 11.0 Å². The number of aromatic amines is 1. The molecule has 0 aliphatic carbocycles. The first-order chi connectivity index (χ1) is 15.2. The number of imidazole rings is 1. The van der Waals surface area contributed by atoms with Crippen LogP contribution in [0.3, 0.4) is 0 Å². The molecule has 0 aliphatic heterocycles. The predicted octanol–water partition coefficient (Wildman–Crippen LogP) is 2.84. The fourth-order valence-corrected chi connectivity index (χ4v) is 3.92. The van der Waals surface area contributed by atoms with Crippen molar-refractivity contribution < 1.29 is 33.5 Å². The quantitative estimate of drug-likeness (QED) is 0.458. The Hall–Kier alpha value is -3.47. The molecule has 0 radical (unpaired) electrons. The number of carbonyl (C=O) groups is 2. The van der Waals surface area contributed by atoms with Crippen LogP contribution in [-0.2, 0) is 26.1 Å². The summed E-state index contributed by atoms with van der Waals surface area (Å²) in [4.78, 5) is 31.2. The number of hydrogen-bond acceptors (Lipinski definition) is 7. The molecule has 11 heteroatoms. The monoisotopic (exact) mass is 463 g/mol. The van der Waals surface area contributed by atoms with Gasteiger partial charge in [-0.15, -0.1) is 0 Å². The summed E-state index contributed by atoms with van der Waals surface area (Å²) in [5.41, 5.74) is 4.16. The van der Waals surface area contributed by atoms with E-state index in [1.165, 1.54) is 0 Å². The number of hydrogen-bond donors (Lipinski definition) is 3. The number of H-pyrrole nitrogens is 1. The van der Waals surface area contributed by atoms with E-state index in [1.807, 2.05) is 32.0 Å². The van der Waals surface area contributed by atoms with Crippen LogP contribution in [0.15, 0.2) is 29.6 Å². The first kappa shape index (κ1) is 24.8. The zero-order chi connectivity index (χ0) is 23.8. The summed E-state index contributed by atoms with van der Waals surface area (Å²) in [7, 11) is 1.91. The largest absolute Gasteiger partial charge is 0.497 e. The summed E-state index contributed by atoms with van der Waals surface area (Å²) in [6.45, 7) is 3.86. The number of methoxy groups -OCH3 is 2. The maximum absolute atomic E-state index is 12.7. The van der Waals surface area contributed by atoms with Gasteiger partial charge in [-0.2, -0.15) is 0 Å². The molecule has 3 rings (SSSR count). The van der Waals surface area contributed by atoms with Crippen molar-refractivity contribution in [3.63, 3.8) is 0 Å². The Kier molecular flexibility index (Phi) is 8.71. The topological polar surface area (TPSA) is 152 Å². The number of aryl methyl sites for hydroxylation is 1. The summed E-state index contributed by atoms with van der Waals surface area (Å²) in [5.74, 6) is -0.366. The molecule has 3 aromatic rings. The van der Waals surface area contributed by atoms with Crippen LogP contribution in [0.5, 0.6) is 11.5 Å². The molecule has 32 heavy (non-hydrogen) atoms. The number of carboxylic acids is 2. The van der Waals surface area contributed by atoms with E-state index in [0.29, 0.717) is 5.16 Å². The zero-order valence-corrected chi connectivity index (χ0v) is 19.0. The lowest BCUT2D eigenvalue weighted by Crippen LogP contribution is -2.05. The van der Waals surface area contributed by atoms with E-state index >= 15 is 0 Å². The van der Waals surface area contributed by atoms with Crippen molar-refractivity contribution in [3.8, 4) is 11.5 Å². The van der Waals surface area contributed by atoms with E-state index in [1.54, 1.807) is 20.4 Å². The van der Waals surface area contributed by atoms with Crippen LogP contribution in [0.4, 0.5) is 0 Å². The second-order valence-corrected chi connectivity index (χ2v) is 8.11. The fraction of sp³-hybridized carbons (Fsp3) is 0.333. The highest BCUT2D eigenvalue weighted by Gasteiger charge is 2.16. The van der Waals surface area contributed by atoms with Crippen LogP contribution in [0, 0.1) is 13.8 Å². The molecule has 1 aromatic carbocycles. The summed E-state index contributed by atoms with van der Waals surface area (Å²) in [6, 6.07) is 5.50. The van der Waals surface area contributed by atoms with Crippen molar-refractivity contribution in [1.29, 1.82) is 0 Å². The normalized spacial score (nSPS) is 11.4. The lowest BCUT2D eigenvalue weighted by Gasteiger charge is -2.11. The van der Waals surface area contributed by atoms with E-state index < -0.39 is 22.7 Å². The van der Waals surface area contributed by atoms with E-state index in [2.05, 4.69) is 15.0 Å². The van der Waals surface area contributed by atoms with Crippen molar-refractivity contribution >= 4 is 33.8 Å². The standard InChI is InChI=1S/C17H19N3O3S.C4H6O4/c1-10-8-18-15(11(2)16(10)23-4)9-24(21)17-19-13-6-5-12(22-3)7-14(13)20-17;5-3(6)1-2-4(7)8/h5-8H,9H2,1-4H3,(H,19,20);1-2H2,(H,5,6)(H,7,8)/t24-;/m0./s1. The number of fused-ring (bicyclic) bond motifs is 1. The van der Waals surface area contributed by atoms with Crippen molar-refractivity contribution in [2.75, 3.05) is 14.2 Å². The van der Waals surface area contributed by atoms with Crippen LogP contribution < -0.4 is 9.47 Å². The number of carboxylic acid groups (broad SMARTS) is 2. The first-order valence-corrected chi connectivity index (χ1v) is 10.8. The van der Waals surface area contributed by atoms with Gasteiger partial charge in [0.15, 0.2) is 5.16 Å². The number of pyridine rings is 1. The molecule has 0 fully saturated rings. The van der Waals surface area contributed by atoms with Gasteiger partial charge in [-0.1, -0.05) is 0 Å².